The highest BCUT2D eigenvalue weighted by atomic mass is 16.6. The number of hydrogen-bond acceptors (Lipinski definition) is 3. The number of carbonyl (C=O) groups excluding carboxylic acids is 2. The first-order chi connectivity index (χ1) is 8.70. The molecule has 104 valence electrons. The minimum Gasteiger partial charge on any atom is -0.456 e. The van der Waals surface area contributed by atoms with E-state index in [-0.39, 0.29) is 11.9 Å². The van der Waals surface area contributed by atoms with Gasteiger partial charge in [-0.3, -0.25) is 4.79 Å². The van der Waals surface area contributed by atoms with E-state index in [2.05, 4.69) is 5.32 Å². The molecule has 0 radical (unpaired) electrons. The third-order valence-electron chi connectivity index (χ3n) is 3.25. The van der Waals surface area contributed by atoms with Gasteiger partial charge in [0.2, 0.25) is 5.91 Å². The van der Waals surface area contributed by atoms with Gasteiger partial charge in [0.15, 0.2) is 0 Å². The Labute approximate surface area is 112 Å². The summed E-state index contributed by atoms with van der Waals surface area (Å²) in [5.74, 6) is 0.124. The zero-order chi connectivity index (χ0) is 14.4. The fraction of sp³-hybridized carbons (Fsp3) is 0.571. The van der Waals surface area contributed by atoms with E-state index in [1.807, 2.05) is 39.2 Å². The maximum absolute atomic E-state index is 12.3. The van der Waals surface area contributed by atoms with Gasteiger partial charge in [0.1, 0.15) is 17.0 Å². The van der Waals surface area contributed by atoms with Crippen LogP contribution in [-0.4, -0.2) is 22.0 Å². The van der Waals surface area contributed by atoms with E-state index in [4.69, 9.17) is 4.74 Å². The van der Waals surface area contributed by atoms with Crippen molar-refractivity contribution in [2.24, 2.45) is 0 Å². The van der Waals surface area contributed by atoms with Crippen LogP contribution in [0.2, 0.25) is 0 Å². The van der Waals surface area contributed by atoms with Gasteiger partial charge >= 0.3 is 5.97 Å². The molecule has 1 aliphatic rings. The normalized spacial score (nSPS) is 14.9. The molecule has 0 bridgehead atoms. The molecule has 2 rings (SSSR count). The molecule has 5 nitrogen and oxygen atoms in total. The second kappa shape index (κ2) is 4.40. The summed E-state index contributed by atoms with van der Waals surface area (Å²) in [6.45, 7) is 9.92. The average molecular weight is 264 g/mol. The quantitative estimate of drug-likeness (QED) is 0.792. The molecule has 2 heterocycles. The van der Waals surface area contributed by atoms with Crippen molar-refractivity contribution in [3.63, 3.8) is 0 Å². The highest BCUT2D eigenvalue weighted by Crippen LogP contribution is 2.31. The van der Waals surface area contributed by atoms with Gasteiger partial charge in [-0.2, -0.15) is 0 Å². The molecule has 0 atom stereocenters. The zero-order valence-corrected chi connectivity index (χ0v) is 12.1. The number of aromatic nitrogens is 1. The predicted octanol–water partition coefficient (Wildman–Crippen LogP) is 2.40. The molecule has 1 aromatic rings. The van der Waals surface area contributed by atoms with Gasteiger partial charge in [-0.1, -0.05) is 0 Å². The summed E-state index contributed by atoms with van der Waals surface area (Å²) in [6, 6.07) is 0. The van der Waals surface area contributed by atoms with Crippen LogP contribution in [0.4, 0.5) is 5.82 Å². The lowest BCUT2D eigenvalue weighted by atomic mass is 10.1. The van der Waals surface area contributed by atoms with E-state index >= 15 is 0 Å². The van der Waals surface area contributed by atoms with Crippen molar-refractivity contribution in [2.45, 2.75) is 53.2 Å². The van der Waals surface area contributed by atoms with E-state index in [0.717, 1.165) is 11.3 Å². The third-order valence-corrected chi connectivity index (χ3v) is 3.25. The molecular formula is C14H20N2O3. The number of anilines is 1. The molecule has 0 spiro atoms. The maximum Gasteiger partial charge on any atom is 0.342 e. The van der Waals surface area contributed by atoms with Crippen LogP contribution in [0.25, 0.3) is 0 Å². The summed E-state index contributed by atoms with van der Waals surface area (Å²) < 4.78 is 7.38. The topological polar surface area (TPSA) is 60.3 Å². The molecule has 1 aromatic heterocycles. The lowest BCUT2D eigenvalue weighted by Gasteiger charge is -2.21. The summed E-state index contributed by atoms with van der Waals surface area (Å²) in [4.78, 5) is 23.8. The molecule has 5 heteroatoms. The van der Waals surface area contributed by atoms with Crippen LogP contribution in [0.15, 0.2) is 0 Å². The summed E-state index contributed by atoms with van der Waals surface area (Å²) in [6.07, 6.45) is 0.440. The van der Waals surface area contributed by atoms with Crippen LogP contribution in [0.1, 0.15) is 48.8 Å². The number of ether oxygens (including phenoxy) is 1. The van der Waals surface area contributed by atoms with Crippen molar-refractivity contribution in [1.82, 2.24) is 4.57 Å². The molecule has 0 saturated heterocycles. The second-order valence-electron chi connectivity index (χ2n) is 5.89. The van der Waals surface area contributed by atoms with Gasteiger partial charge in [-0.05, 0) is 40.2 Å². The molecule has 1 amide bonds. The molecule has 1 aliphatic heterocycles. The fourth-order valence-electron chi connectivity index (χ4n) is 2.26. The smallest absolute Gasteiger partial charge is 0.342 e. The Morgan fingerprint density at radius 2 is 1.95 bits per heavy atom. The first kappa shape index (κ1) is 13.6. The summed E-state index contributed by atoms with van der Waals surface area (Å²) in [5.41, 5.74) is 1.79. The van der Waals surface area contributed by atoms with Crippen LogP contribution in [-0.2, 0) is 16.1 Å². The Morgan fingerprint density at radius 1 is 1.32 bits per heavy atom. The Hall–Kier alpha value is -1.78. The number of rotatable bonds is 1. The molecule has 0 fully saturated rings. The van der Waals surface area contributed by atoms with E-state index in [9.17, 15) is 9.59 Å². The van der Waals surface area contributed by atoms with Crippen LogP contribution >= 0.6 is 0 Å². The Morgan fingerprint density at radius 3 is 2.53 bits per heavy atom. The van der Waals surface area contributed by atoms with Gasteiger partial charge in [-0.25, -0.2) is 4.79 Å². The Bertz CT molecular complexity index is 550. The lowest BCUT2D eigenvalue weighted by Crippen LogP contribution is -2.27. The van der Waals surface area contributed by atoms with Crippen LogP contribution < -0.4 is 5.32 Å². The minimum atomic E-state index is -0.551. The van der Waals surface area contributed by atoms with Crippen LogP contribution in [0.3, 0.4) is 0 Å². The second-order valence-corrected chi connectivity index (χ2v) is 5.89. The number of esters is 1. The Balaban J connectivity index is 2.46. The standard InChI is InChI=1S/C14H20N2O3/c1-8-9(2)16-7-6-10(17)15-12(16)11(8)13(18)19-14(3,4)5/h6-7H2,1-5H3,(H,15,17). The third kappa shape index (κ3) is 2.50. The van der Waals surface area contributed by atoms with Crippen molar-refractivity contribution in [3.8, 4) is 0 Å². The molecule has 0 aliphatic carbocycles. The first-order valence-electron chi connectivity index (χ1n) is 6.43. The summed E-state index contributed by atoms with van der Waals surface area (Å²) >= 11 is 0. The molecule has 0 saturated carbocycles. The highest BCUT2D eigenvalue weighted by molar-refractivity contribution is 6.03. The van der Waals surface area contributed by atoms with E-state index < -0.39 is 5.60 Å². The Kier molecular flexibility index (Phi) is 3.16. The lowest BCUT2D eigenvalue weighted by molar-refractivity contribution is -0.116. The molecule has 0 aromatic carbocycles. The minimum absolute atomic E-state index is 0.0604. The molecule has 0 unspecified atom stereocenters. The van der Waals surface area contributed by atoms with Gasteiger partial charge in [0.05, 0.1) is 0 Å². The van der Waals surface area contributed by atoms with Crippen molar-refractivity contribution in [1.29, 1.82) is 0 Å². The molecule has 19 heavy (non-hydrogen) atoms. The van der Waals surface area contributed by atoms with E-state index in [1.165, 1.54) is 0 Å². The van der Waals surface area contributed by atoms with E-state index in [1.54, 1.807) is 0 Å². The number of fused-ring (bicyclic) bond motifs is 1. The van der Waals surface area contributed by atoms with Crippen LogP contribution in [0, 0.1) is 13.8 Å². The number of amides is 1. The average Bonchev–Trinajstić information content (AvgIpc) is 2.48. The predicted molar refractivity (Wildman–Crippen MR) is 72.3 cm³/mol. The summed E-state index contributed by atoms with van der Waals surface area (Å²) in [7, 11) is 0. The SMILES string of the molecule is Cc1c(C(=O)OC(C)(C)C)c2n(c1C)CCC(=O)N2. The van der Waals surface area contributed by atoms with E-state index in [0.29, 0.717) is 24.3 Å². The van der Waals surface area contributed by atoms with Gasteiger partial charge in [0.25, 0.3) is 0 Å². The number of carbonyl (C=O) groups is 2. The monoisotopic (exact) mass is 264 g/mol. The van der Waals surface area contributed by atoms with Gasteiger partial charge in [-0.15, -0.1) is 0 Å². The number of nitrogens with one attached hydrogen (secondary N) is 1. The van der Waals surface area contributed by atoms with Crippen molar-refractivity contribution in [3.05, 3.63) is 16.8 Å². The van der Waals surface area contributed by atoms with Gasteiger partial charge < -0.3 is 14.6 Å². The highest BCUT2D eigenvalue weighted by Gasteiger charge is 2.30. The van der Waals surface area contributed by atoms with Crippen molar-refractivity contribution >= 4 is 17.7 Å². The van der Waals surface area contributed by atoms with Crippen molar-refractivity contribution in [2.75, 3.05) is 5.32 Å². The van der Waals surface area contributed by atoms with Crippen LogP contribution in [0.5, 0.6) is 0 Å². The molecular weight excluding hydrogens is 244 g/mol. The number of nitrogens with zero attached hydrogens (tertiary/aromatic N) is 1. The van der Waals surface area contributed by atoms with Crippen molar-refractivity contribution < 1.29 is 14.3 Å². The molecule has 1 N–H and O–H groups in total. The zero-order valence-electron chi connectivity index (χ0n) is 12.1. The largest absolute Gasteiger partial charge is 0.456 e. The summed E-state index contributed by atoms with van der Waals surface area (Å²) in [5, 5.41) is 2.78. The fourth-order valence-corrected chi connectivity index (χ4v) is 2.26. The first-order valence-corrected chi connectivity index (χ1v) is 6.43. The maximum atomic E-state index is 12.3. The number of hydrogen-bond donors (Lipinski definition) is 1. The van der Waals surface area contributed by atoms with Gasteiger partial charge in [0, 0.05) is 18.7 Å².